The lowest BCUT2D eigenvalue weighted by Crippen LogP contribution is -2.21. The summed E-state index contributed by atoms with van der Waals surface area (Å²) in [6.07, 6.45) is 28.3. The van der Waals surface area contributed by atoms with Crippen LogP contribution >= 0.6 is 0 Å². The van der Waals surface area contributed by atoms with Gasteiger partial charge in [-0.05, 0) is 52.1 Å². The molecule has 0 radical (unpaired) electrons. The van der Waals surface area contributed by atoms with Crippen LogP contribution in [0.4, 0.5) is 0 Å². The third kappa shape index (κ3) is 19.6. The topological polar surface area (TPSA) is 3.24 Å². The van der Waals surface area contributed by atoms with Gasteiger partial charge in [-0.25, -0.2) is 0 Å². The Morgan fingerprint density at radius 2 is 1.20 bits per heavy atom. The zero-order valence-electron chi connectivity index (χ0n) is 17.9. The maximum absolute atomic E-state index is 2.34. The van der Waals surface area contributed by atoms with Gasteiger partial charge in [-0.2, -0.15) is 0 Å². The quantitative estimate of drug-likeness (QED) is 0.180. The Labute approximate surface area is 160 Å². The molecular weight excluding hydrogens is 302 g/mol. The van der Waals surface area contributed by atoms with Gasteiger partial charge < -0.3 is 4.90 Å². The molecule has 25 heavy (non-hydrogen) atoms. The van der Waals surface area contributed by atoms with E-state index in [1.54, 1.807) is 0 Å². The van der Waals surface area contributed by atoms with Crippen molar-refractivity contribution in [2.75, 3.05) is 20.6 Å². The maximum Gasteiger partial charge on any atom is 0.000346 e. The van der Waals surface area contributed by atoms with Gasteiger partial charge in [0.25, 0.3) is 0 Å². The molecule has 1 nitrogen and oxygen atoms in total. The SMILES string of the molecule is CCCCC/C=C/C=C\CCCCCCCCCC(CC)CN(C)C. The van der Waals surface area contributed by atoms with Gasteiger partial charge in [-0.3, -0.25) is 0 Å². The fraction of sp³-hybridized carbons (Fsp3) is 0.833. The molecule has 0 N–H and O–H groups in total. The number of allylic oxidation sites excluding steroid dienone is 4. The first kappa shape index (κ1) is 24.4. The average molecular weight is 350 g/mol. The summed E-state index contributed by atoms with van der Waals surface area (Å²) in [5, 5.41) is 0. The lowest BCUT2D eigenvalue weighted by molar-refractivity contribution is 0.299. The third-order valence-electron chi connectivity index (χ3n) is 5.04. The molecule has 0 amide bonds. The Bertz CT molecular complexity index is 303. The molecule has 1 heteroatoms. The number of nitrogens with zero attached hydrogens (tertiary/aromatic N) is 1. The van der Waals surface area contributed by atoms with Gasteiger partial charge in [0.1, 0.15) is 0 Å². The number of rotatable bonds is 18. The van der Waals surface area contributed by atoms with E-state index in [9.17, 15) is 0 Å². The summed E-state index contributed by atoms with van der Waals surface area (Å²) in [5.41, 5.74) is 0. The van der Waals surface area contributed by atoms with Gasteiger partial charge in [0.05, 0.1) is 0 Å². The second-order valence-electron chi connectivity index (χ2n) is 7.94. The van der Waals surface area contributed by atoms with E-state index in [-0.39, 0.29) is 0 Å². The van der Waals surface area contributed by atoms with Crippen molar-refractivity contribution in [3.05, 3.63) is 24.3 Å². The first-order valence-corrected chi connectivity index (χ1v) is 11.2. The third-order valence-corrected chi connectivity index (χ3v) is 5.04. The molecule has 0 fully saturated rings. The molecule has 1 atom stereocenters. The Hall–Kier alpha value is -0.560. The maximum atomic E-state index is 2.34. The van der Waals surface area contributed by atoms with Crippen molar-refractivity contribution in [1.29, 1.82) is 0 Å². The van der Waals surface area contributed by atoms with Crippen molar-refractivity contribution < 1.29 is 0 Å². The van der Waals surface area contributed by atoms with E-state index in [1.807, 2.05) is 0 Å². The van der Waals surface area contributed by atoms with E-state index >= 15 is 0 Å². The van der Waals surface area contributed by atoms with E-state index in [0.29, 0.717) is 0 Å². The van der Waals surface area contributed by atoms with Crippen LogP contribution in [0.1, 0.15) is 104 Å². The van der Waals surface area contributed by atoms with Crippen LogP contribution in [0.15, 0.2) is 24.3 Å². The average Bonchev–Trinajstić information content (AvgIpc) is 2.60. The minimum atomic E-state index is 0.905. The predicted molar refractivity (Wildman–Crippen MR) is 116 cm³/mol. The Balaban J connectivity index is 3.30. The molecule has 0 spiro atoms. The van der Waals surface area contributed by atoms with E-state index in [4.69, 9.17) is 0 Å². The fourth-order valence-electron chi connectivity index (χ4n) is 3.38. The molecule has 0 heterocycles. The smallest absolute Gasteiger partial charge is 0.000346 e. The zero-order chi connectivity index (χ0) is 18.6. The highest BCUT2D eigenvalue weighted by atomic mass is 15.1. The molecule has 0 aliphatic carbocycles. The molecule has 0 rings (SSSR count). The molecule has 1 unspecified atom stereocenters. The Morgan fingerprint density at radius 3 is 1.72 bits per heavy atom. The number of hydrogen-bond donors (Lipinski definition) is 0. The monoisotopic (exact) mass is 349 g/mol. The highest BCUT2D eigenvalue weighted by Gasteiger charge is 2.06. The van der Waals surface area contributed by atoms with Crippen molar-refractivity contribution in [2.24, 2.45) is 5.92 Å². The first-order chi connectivity index (χ1) is 12.2. The molecule has 0 bridgehead atoms. The van der Waals surface area contributed by atoms with Crippen LogP contribution in [0.25, 0.3) is 0 Å². The van der Waals surface area contributed by atoms with Crippen molar-refractivity contribution in [2.45, 2.75) is 104 Å². The fourth-order valence-corrected chi connectivity index (χ4v) is 3.38. The standard InChI is InChI=1S/C24H47N/c1-5-7-8-9-10-11-12-13-14-15-16-17-18-19-20-21-22-24(6-2)23-25(3)4/h10-13,24H,5-9,14-23H2,1-4H3/b11-10+,13-12-. The molecule has 0 saturated heterocycles. The highest BCUT2D eigenvalue weighted by molar-refractivity contribution is 5.02. The zero-order valence-corrected chi connectivity index (χ0v) is 17.9. The molecule has 0 aliphatic heterocycles. The van der Waals surface area contributed by atoms with Gasteiger partial charge in [-0.1, -0.05) is 95.9 Å². The summed E-state index contributed by atoms with van der Waals surface area (Å²) in [4.78, 5) is 2.34. The summed E-state index contributed by atoms with van der Waals surface area (Å²) in [6.45, 7) is 5.86. The summed E-state index contributed by atoms with van der Waals surface area (Å²) in [5.74, 6) is 0.905. The van der Waals surface area contributed by atoms with E-state index in [0.717, 1.165) is 5.92 Å². The summed E-state index contributed by atoms with van der Waals surface area (Å²) < 4.78 is 0. The molecule has 0 aromatic rings. The van der Waals surface area contributed by atoms with Crippen molar-refractivity contribution >= 4 is 0 Å². The second-order valence-corrected chi connectivity index (χ2v) is 7.94. The largest absolute Gasteiger partial charge is 0.309 e. The van der Waals surface area contributed by atoms with Gasteiger partial charge in [0.2, 0.25) is 0 Å². The van der Waals surface area contributed by atoms with Crippen LogP contribution in [-0.4, -0.2) is 25.5 Å². The summed E-state index contributed by atoms with van der Waals surface area (Å²) in [6, 6.07) is 0. The Morgan fingerprint density at radius 1 is 0.680 bits per heavy atom. The molecule has 0 aromatic carbocycles. The van der Waals surface area contributed by atoms with Crippen LogP contribution < -0.4 is 0 Å². The molecule has 0 aliphatic rings. The minimum Gasteiger partial charge on any atom is -0.309 e. The molecule has 0 saturated carbocycles. The molecule has 0 aromatic heterocycles. The highest BCUT2D eigenvalue weighted by Crippen LogP contribution is 2.16. The van der Waals surface area contributed by atoms with Crippen LogP contribution in [0.5, 0.6) is 0 Å². The van der Waals surface area contributed by atoms with E-state index < -0.39 is 0 Å². The predicted octanol–water partition coefficient (Wildman–Crippen LogP) is 7.78. The van der Waals surface area contributed by atoms with Crippen LogP contribution in [0.2, 0.25) is 0 Å². The molecule has 148 valence electrons. The van der Waals surface area contributed by atoms with Gasteiger partial charge >= 0.3 is 0 Å². The van der Waals surface area contributed by atoms with Gasteiger partial charge in [0, 0.05) is 6.54 Å². The van der Waals surface area contributed by atoms with Crippen molar-refractivity contribution in [3.63, 3.8) is 0 Å². The van der Waals surface area contributed by atoms with Crippen LogP contribution in [0.3, 0.4) is 0 Å². The molecular formula is C24H47N. The lowest BCUT2D eigenvalue weighted by Gasteiger charge is -2.19. The van der Waals surface area contributed by atoms with E-state index in [2.05, 4.69) is 57.1 Å². The summed E-state index contributed by atoms with van der Waals surface area (Å²) >= 11 is 0. The second kappa shape index (κ2) is 19.8. The minimum absolute atomic E-state index is 0.905. The number of unbranched alkanes of at least 4 members (excludes halogenated alkanes) is 10. The van der Waals surface area contributed by atoms with Crippen LogP contribution in [0, 0.1) is 5.92 Å². The first-order valence-electron chi connectivity index (χ1n) is 11.2. The summed E-state index contributed by atoms with van der Waals surface area (Å²) in [7, 11) is 4.39. The van der Waals surface area contributed by atoms with Crippen molar-refractivity contribution in [3.8, 4) is 0 Å². The number of hydrogen-bond acceptors (Lipinski definition) is 1. The van der Waals surface area contributed by atoms with Gasteiger partial charge in [0.15, 0.2) is 0 Å². The Kier molecular flexibility index (Phi) is 19.3. The van der Waals surface area contributed by atoms with E-state index in [1.165, 1.54) is 96.4 Å². The van der Waals surface area contributed by atoms with Crippen molar-refractivity contribution in [1.82, 2.24) is 4.90 Å². The van der Waals surface area contributed by atoms with Crippen LogP contribution in [-0.2, 0) is 0 Å². The lowest BCUT2D eigenvalue weighted by atomic mass is 9.97. The normalized spacial score (nSPS) is 13.5. The van der Waals surface area contributed by atoms with Gasteiger partial charge in [-0.15, -0.1) is 0 Å².